The van der Waals surface area contributed by atoms with Gasteiger partial charge in [0.15, 0.2) is 5.82 Å². The van der Waals surface area contributed by atoms with Gasteiger partial charge in [-0.3, -0.25) is 19.2 Å². The summed E-state index contributed by atoms with van der Waals surface area (Å²) in [4.78, 5) is 114. The molecule has 0 unspecified atom stereocenters. The molecule has 0 radical (unpaired) electrons. The molecule has 4 aliphatic carbocycles. The highest BCUT2D eigenvalue weighted by atomic mass is 32.3. The highest BCUT2D eigenvalue weighted by Crippen LogP contribution is 2.56. The van der Waals surface area contributed by atoms with Crippen LogP contribution < -0.4 is 70.7 Å². The number of rotatable bonds is 18. The zero-order valence-electron chi connectivity index (χ0n) is 74.6. The Morgan fingerprint density at radius 2 is 0.915 bits per heavy atom. The van der Waals surface area contributed by atoms with Crippen molar-refractivity contribution < 1.29 is 118 Å². The van der Waals surface area contributed by atoms with Gasteiger partial charge >= 0.3 is 54.3 Å². The summed E-state index contributed by atoms with van der Waals surface area (Å²) in [6.45, 7) is 28.1. The van der Waals surface area contributed by atoms with Crippen LogP contribution in [0.5, 0.6) is 6.01 Å². The van der Waals surface area contributed by atoms with Crippen molar-refractivity contribution in [3.8, 4) is 6.01 Å². The van der Waals surface area contributed by atoms with E-state index in [-0.39, 0.29) is 54.1 Å². The molecule has 10 rings (SSSR count). The first kappa shape index (κ1) is 110. The second kappa shape index (κ2) is 49.2. The Morgan fingerprint density at radius 3 is 1.33 bits per heavy atom. The maximum atomic E-state index is 14.2. The maximum absolute atomic E-state index is 14.2. The van der Waals surface area contributed by atoms with E-state index in [0.29, 0.717) is 66.1 Å². The molecule has 4 aliphatic rings. The molecule has 6 aromatic rings. The number of aliphatic hydroxyl groups is 1. The maximum Gasteiger partial charge on any atom is 0.458 e. The summed E-state index contributed by atoms with van der Waals surface area (Å²) in [6, 6.07) is 18.8. The number of nitrogens with one attached hydrogen (secondary N) is 7. The molecular formula is C82H120F12N20O14S. The van der Waals surface area contributed by atoms with E-state index in [1.807, 2.05) is 80.6 Å². The van der Waals surface area contributed by atoms with Crippen molar-refractivity contribution in [2.45, 2.75) is 296 Å². The van der Waals surface area contributed by atoms with Crippen LogP contribution in [0.25, 0.3) is 11.0 Å². The van der Waals surface area contributed by atoms with Crippen LogP contribution in [-0.2, 0) is 28.5 Å². The van der Waals surface area contributed by atoms with Crippen LogP contribution in [0.2, 0.25) is 0 Å². The van der Waals surface area contributed by atoms with Crippen LogP contribution in [-0.4, -0.2) is 213 Å². The lowest BCUT2D eigenvalue weighted by atomic mass is 9.88. The first-order valence-corrected chi connectivity index (χ1v) is 42.4. The smallest absolute Gasteiger partial charge is 0.444 e. The van der Waals surface area contributed by atoms with Gasteiger partial charge in [0.1, 0.15) is 68.9 Å². The van der Waals surface area contributed by atoms with E-state index in [1.54, 1.807) is 89.2 Å². The topological polar surface area (TPSA) is 503 Å². The van der Waals surface area contributed by atoms with Gasteiger partial charge in [-0.2, -0.15) is 40.6 Å². The van der Waals surface area contributed by atoms with E-state index in [0.717, 1.165) is 54.6 Å². The van der Waals surface area contributed by atoms with Crippen molar-refractivity contribution in [1.82, 2.24) is 60.7 Å². The van der Waals surface area contributed by atoms with Crippen LogP contribution in [0, 0.1) is 13.8 Å². The van der Waals surface area contributed by atoms with Gasteiger partial charge in [-0.25, -0.2) is 42.3 Å². The van der Waals surface area contributed by atoms with E-state index < -0.39 is 155 Å². The third kappa shape index (κ3) is 39.9. The van der Waals surface area contributed by atoms with Gasteiger partial charge in [-0.15, -0.1) is 16.8 Å². The predicted octanol–water partition coefficient (Wildman–Crippen LogP) is 14.2. The number of para-hydroxylation sites is 1. The van der Waals surface area contributed by atoms with Gasteiger partial charge in [0.05, 0.1) is 42.4 Å². The van der Waals surface area contributed by atoms with Crippen molar-refractivity contribution in [1.29, 1.82) is 0 Å². The van der Waals surface area contributed by atoms with Gasteiger partial charge in [0, 0.05) is 48.9 Å². The minimum absolute atomic E-state index is 0.00851. The summed E-state index contributed by atoms with van der Waals surface area (Å²) in [6.07, 6.45) is -7.42. The minimum Gasteiger partial charge on any atom is -0.444 e. The molecule has 34 nitrogen and oxygen atoms in total. The number of hydrogen-bond acceptors (Lipinski definition) is 27. The predicted molar refractivity (Wildman–Crippen MR) is 460 cm³/mol. The molecule has 12 atom stereocenters. The van der Waals surface area contributed by atoms with Crippen LogP contribution >= 0.6 is 11.4 Å². The third-order valence-electron chi connectivity index (χ3n) is 18.4. The number of amides is 6. The Morgan fingerprint density at radius 1 is 0.512 bits per heavy atom. The second-order valence-electron chi connectivity index (χ2n) is 34.0. The second-order valence-corrected chi connectivity index (χ2v) is 35.3. The third-order valence-corrected chi connectivity index (χ3v) is 19.5. The van der Waals surface area contributed by atoms with Crippen LogP contribution in [0.15, 0.2) is 85.2 Å². The summed E-state index contributed by atoms with van der Waals surface area (Å²) >= 11 is -4.93. The normalized spacial score (nSPS) is 21.2. The number of benzene rings is 3. The molecule has 4 fully saturated rings. The molecule has 3 aromatic heterocycles. The lowest BCUT2D eigenvalue weighted by molar-refractivity contribution is -0.193. The van der Waals surface area contributed by atoms with Crippen molar-refractivity contribution in [3.63, 3.8) is 0 Å². The van der Waals surface area contributed by atoms with Gasteiger partial charge in [-0.05, 0) is 227 Å². The molecule has 0 bridgehead atoms. The number of anilines is 5. The number of halogens is 12. The summed E-state index contributed by atoms with van der Waals surface area (Å²) in [7, 11) is 0. The summed E-state index contributed by atoms with van der Waals surface area (Å²) < 4.78 is 164. The molecule has 47 heteroatoms. The largest absolute Gasteiger partial charge is 0.458 e. The lowest BCUT2D eigenvalue weighted by Crippen LogP contribution is -2.59. The first-order chi connectivity index (χ1) is 59.6. The fraction of sp³-hybridized carbons (Fsp3) is 0.585. The number of carbonyl (C=O) groups is 8. The number of hydrogen-bond donors (Lipinski definition) is 13. The standard InChI is InChI=1S/C18H23FN6O.C18H15N7O2.C16H29FN2O4.C16H30N2O5.C6H13FN2.C4F6O2.C4H10F3NS/c1-10-4-2-5-11(8-10)23-17-12(16(21)26)9-22-18(25-17)24-14-7-3-6-13(19)15(14)20;1-11-5-4-6-12(9-11)21-17-13(16(19)26)10-20-18(22-17)27-25-15-8-3-2-7-14(15)23-24-25;1-15(2,3)22-13(20)18-11-9-7-8-10(17)12(11)19-14(21)23-16(4,5)6;1-15(2,3)22-13(20)17-10-8-7-9-11(19)12(10)18-14(21)23-16(4,5)6;7-4-2-1-3-5(8)6(4)9;5-3(6,7)1(11)2(12)4(8,9)10;1-3-8(4-2)9(5,6)7/h2,4-5,8-9,13-15H,3,6-7,20H2,1H3,(H2,21,26)(H2,22,23,24,25);2-10H,1H3,(H2,19,26)(H,20,21,22);10-12H,7-9H2,1-6H3,(H,18,20)(H,19,21);10-12,19H,7-9H2,1-6H3,(H,17,20)(H,18,21);4-6H,1-3,8-9H2;;3-4H2,1-2H3/t13-,14-,15+;;10-,11-,12+;10-,11+,12-;4-,5-,6+;;/m1.111../s1. The molecule has 0 aliphatic heterocycles. The average molecular weight is 1870 g/mol. The number of Topliss-reactive ketones (excluding diaryl/α,β-unsaturated/α-hetero) is 2. The number of fused-ring (bicyclic) bond motifs is 1. The van der Waals surface area contributed by atoms with Gasteiger partial charge in [0.25, 0.3) is 23.2 Å². The minimum atomic E-state index is -5.77. The van der Waals surface area contributed by atoms with E-state index >= 15 is 0 Å². The molecule has 18 N–H and O–H groups in total. The first-order valence-electron chi connectivity index (χ1n) is 41.1. The Hall–Kier alpha value is -10.9. The number of aliphatic hydroxyl groups excluding tert-OH is 1. The van der Waals surface area contributed by atoms with E-state index in [4.69, 9.17) is 52.5 Å². The van der Waals surface area contributed by atoms with Crippen molar-refractivity contribution in [3.05, 3.63) is 107 Å². The van der Waals surface area contributed by atoms with Gasteiger partial charge in [-0.1, -0.05) is 55.1 Å². The monoisotopic (exact) mass is 1870 g/mol. The Balaban J connectivity index is 0.000000326. The van der Waals surface area contributed by atoms with Gasteiger partial charge in [0.2, 0.25) is 5.95 Å². The Kier molecular flexibility index (Phi) is 42.1. The zero-order chi connectivity index (χ0) is 97.7. The molecule has 722 valence electrons. The number of ether oxygens (including phenoxy) is 4. The quantitative estimate of drug-likeness (QED) is 0.0216. The number of alkyl carbamates (subject to hydrolysis) is 4. The number of nitrogens with two attached hydrogens (primary N) is 5. The van der Waals surface area contributed by atoms with Crippen LogP contribution in [0.3, 0.4) is 0 Å². The number of carbonyl (C=O) groups excluding carboxylic acids is 8. The van der Waals surface area contributed by atoms with Crippen molar-refractivity contribution in [2.24, 2.45) is 28.7 Å². The fourth-order valence-electron chi connectivity index (χ4n) is 12.4. The number of nitrogens with zero attached hydrogens (tertiary/aromatic N) is 8. The molecule has 3 heterocycles. The van der Waals surface area contributed by atoms with Crippen molar-refractivity contribution in [2.75, 3.05) is 29.0 Å². The van der Waals surface area contributed by atoms with Gasteiger partial charge < -0.3 is 94.8 Å². The molecule has 4 saturated carbocycles. The highest BCUT2D eigenvalue weighted by molar-refractivity contribution is 8.18. The SMILES string of the molecule is CC(C)(C)OC(=O)N[C@H]1[C@@H](O)CCC[C@H]1NC(=O)OC(C)(C)C.CC(C)(C)OC(=O)N[C@H]1[C@H](F)CCC[C@H]1NC(=O)OC(C)(C)C.CCN(CC)S(F)(F)F.Cc1cccc(Nc2nc(N[C@@H]3CCC[C@@H](F)[C@@H]3N)ncc2C(N)=O)c1.Cc1cccc(Nc2nc(On3nnc4ccccc43)ncc2C(N)=O)c1.N[C@@H]1[C@H](N)CCC[C@H]1F.O=C(C(=O)C(F)(F)F)C(F)(F)F. The number of aryl methyl sites for hydroxylation is 2. The number of alkyl halides is 9. The summed E-state index contributed by atoms with van der Waals surface area (Å²) in [5, 5.41) is 37.9. The Labute approximate surface area is 741 Å². The summed E-state index contributed by atoms with van der Waals surface area (Å²) in [5.74, 6) is -7.29. The number of primary amides is 2. The molecule has 0 saturated heterocycles. The molecular weight excluding hydrogens is 1750 g/mol. The van der Waals surface area contributed by atoms with Crippen LogP contribution in [0.4, 0.5) is 99.3 Å². The van der Waals surface area contributed by atoms with E-state index in [9.17, 15) is 94.6 Å². The zero-order valence-corrected chi connectivity index (χ0v) is 75.4. The van der Waals surface area contributed by atoms with Crippen molar-refractivity contribution >= 4 is 99.1 Å². The number of aromatic nitrogens is 7. The fourth-order valence-corrected chi connectivity index (χ4v) is 13.0. The van der Waals surface area contributed by atoms with Crippen LogP contribution in [0.1, 0.15) is 206 Å². The Bertz CT molecular complexity index is 4510. The summed E-state index contributed by atoms with van der Waals surface area (Å²) in [5.41, 5.74) is 30.5. The molecule has 0 spiro atoms. The highest BCUT2D eigenvalue weighted by Gasteiger charge is 2.54. The molecule has 129 heavy (non-hydrogen) atoms. The average Bonchev–Trinajstić information content (AvgIpc) is 1.77. The number of ketones is 2. The van der Waals surface area contributed by atoms with E-state index in [1.165, 1.54) is 31.1 Å². The lowest BCUT2D eigenvalue weighted by Gasteiger charge is -2.37. The molecule has 6 amide bonds. The van der Waals surface area contributed by atoms with E-state index in [2.05, 4.69) is 67.5 Å². The molecule has 3 aromatic carbocycles.